The van der Waals surface area contributed by atoms with Gasteiger partial charge in [0.25, 0.3) is 0 Å². The number of carbonyl (C=O) groups is 2. The van der Waals surface area contributed by atoms with E-state index in [2.05, 4.69) is 24.1 Å². The average molecular weight is 481 g/mol. The first-order valence-corrected chi connectivity index (χ1v) is 11.8. The zero-order valence-electron chi connectivity index (χ0n) is 20.4. The largest absolute Gasteiger partial charge is 0.481 e. The molecule has 1 amide bonds. The number of fused-ring (bicyclic) bond motifs is 1. The van der Waals surface area contributed by atoms with E-state index in [0.29, 0.717) is 17.6 Å². The van der Waals surface area contributed by atoms with Gasteiger partial charge in [0.15, 0.2) is 0 Å². The minimum absolute atomic E-state index is 0.0408. The van der Waals surface area contributed by atoms with Crippen LogP contribution in [0.4, 0.5) is 10.5 Å². The number of ether oxygens (including phenoxy) is 1. The summed E-state index contributed by atoms with van der Waals surface area (Å²) < 4.78 is 10.9. The Morgan fingerprint density at radius 1 is 1.06 bits per heavy atom. The van der Waals surface area contributed by atoms with Crippen LogP contribution in [0.1, 0.15) is 42.5 Å². The summed E-state index contributed by atoms with van der Waals surface area (Å²) >= 11 is 0. The Kier molecular flexibility index (Phi) is 8.89. The summed E-state index contributed by atoms with van der Waals surface area (Å²) in [5.41, 5.74) is 4.18. The number of aliphatic carboxylic acids is 1. The maximum atomic E-state index is 12.6. The second-order valence-electron chi connectivity index (χ2n) is 8.30. The van der Waals surface area contributed by atoms with Crippen LogP contribution in [-0.2, 0) is 28.9 Å². The molecule has 8 heteroatoms. The quantitative estimate of drug-likeness (QED) is 0.391. The number of nitrogens with zero attached hydrogens (tertiary/aromatic N) is 1. The van der Waals surface area contributed by atoms with Gasteiger partial charge >= 0.3 is 17.7 Å². The van der Waals surface area contributed by atoms with E-state index in [4.69, 9.17) is 14.3 Å². The highest BCUT2D eigenvalue weighted by atomic mass is 16.5. The fourth-order valence-electron chi connectivity index (χ4n) is 4.07. The molecule has 0 fully saturated rings. The lowest BCUT2D eigenvalue weighted by Crippen LogP contribution is -2.25. The molecule has 0 aliphatic rings. The molecule has 8 nitrogen and oxygen atoms in total. The van der Waals surface area contributed by atoms with Crippen LogP contribution in [0.2, 0.25) is 0 Å². The van der Waals surface area contributed by atoms with Crippen molar-refractivity contribution in [2.24, 2.45) is 0 Å². The van der Waals surface area contributed by atoms with E-state index in [0.717, 1.165) is 40.9 Å². The van der Waals surface area contributed by atoms with Crippen LogP contribution >= 0.6 is 0 Å². The predicted octanol–water partition coefficient (Wildman–Crippen LogP) is 4.43. The van der Waals surface area contributed by atoms with Crippen LogP contribution in [0, 0.1) is 6.92 Å². The van der Waals surface area contributed by atoms with E-state index < -0.39 is 17.7 Å². The topological polar surface area (TPSA) is 109 Å². The molecule has 2 aromatic carbocycles. The van der Waals surface area contributed by atoms with Gasteiger partial charge in [-0.2, -0.15) is 0 Å². The number of hydrogen-bond acceptors (Lipinski definition) is 6. The van der Waals surface area contributed by atoms with Crippen molar-refractivity contribution in [3.05, 3.63) is 75.1 Å². The predicted molar refractivity (Wildman–Crippen MR) is 135 cm³/mol. The second kappa shape index (κ2) is 12.1. The van der Waals surface area contributed by atoms with Gasteiger partial charge in [0.05, 0.1) is 6.61 Å². The highest BCUT2D eigenvalue weighted by molar-refractivity contribution is 5.84. The van der Waals surface area contributed by atoms with Crippen molar-refractivity contribution in [3.8, 4) is 0 Å². The number of aryl methyl sites for hydroxylation is 2. The first-order chi connectivity index (χ1) is 16.8. The van der Waals surface area contributed by atoms with Crippen LogP contribution in [0.15, 0.2) is 51.7 Å². The highest BCUT2D eigenvalue weighted by Gasteiger charge is 2.14. The van der Waals surface area contributed by atoms with Gasteiger partial charge in [-0.1, -0.05) is 24.3 Å². The SMILES string of the molecule is CCN(CC)c1ccc2c(C)c(CCOC(=O)NCc3cccc(CCC(=O)O)c3)c(=O)oc2c1. The molecule has 186 valence electrons. The fourth-order valence-corrected chi connectivity index (χ4v) is 4.07. The molecule has 0 saturated carbocycles. The highest BCUT2D eigenvalue weighted by Crippen LogP contribution is 2.25. The Hall–Kier alpha value is -3.81. The van der Waals surface area contributed by atoms with E-state index in [-0.39, 0.29) is 26.0 Å². The fraction of sp³-hybridized carbons (Fsp3) is 0.370. The minimum Gasteiger partial charge on any atom is -0.481 e. The monoisotopic (exact) mass is 480 g/mol. The van der Waals surface area contributed by atoms with E-state index in [1.165, 1.54) is 0 Å². The van der Waals surface area contributed by atoms with Crippen LogP contribution in [-0.4, -0.2) is 36.9 Å². The van der Waals surface area contributed by atoms with Gasteiger partial charge in [-0.15, -0.1) is 0 Å². The summed E-state index contributed by atoms with van der Waals surface area (Å²) in [6.07, 6.45) is 0.142. The molecule has 3 rings (SSSR count). The Morgan fingerprint density at radius 2 is 1.80 bits per heavy atom. The van der Waals surface area contributed by atoms with Crippen LogP contribution in [0.5, 0.6) is 0 Å². The number of amides is 1. The average Bonchev–Trinajstić information content (AvgIpc) is 2.84. The zero-order chi connectivity index (χ0) is 25.4. The Bertz CT molecular complexity index is 1250. The van der Waals surface area contributed by atoms with E-state index in [1.807, 2.05) is 49.4 Å². The maximum absolute atomic E-state index is 12.6. The van der Waals surface area contributed by atoms with Gasteiger partial charge in [-0.25, -0.2) is 9.59 Å². The molecule has 0 saturated heterocycles. The smallest absolute Gasteiger partial charge is 0.407 e. The molecule has 3 aromatic rings. The lowest BCUT2D eigenvalue weighted by Gasteiger charge is -2.21. The summed E-state index contributed by atoms with van der Waals surface area (Å²) in [6.45, 7) is 8.05. The molecule has 1 heterocycles. The van der Waals surface area contributed by atoms with E-state index in [9.17, 15) is 14.4 Å². The molecule has 2 N–H and O–H groups in total. The Morgan fingerprint density at radius 3 is 2.51 bits per heavy atom. The van der Waals surface area contributed by atoms with Crippen molar-refractivity contribution in [3.63, 3.8) is 0 Å². The lowest BCUT2D eigenvalue weighted by atomic mass is 10.0. The first-order valence-electron chi connectivity index (χ1n) is 11.8. The maximum Gasteiger partial charge on any atom is 0.407 e. The number of carboxylic acid groups (broad SMARTS) is 1. The molecular formula is C27H32N2O6. The number of alkyl carbamates (subject to hydrolysis) is 1. The number of benzene rings is 2. The third-order valence-corrected chi connectivity index (χ3v) is 6.04. The summed E-state index contributed by atoms with van der Waals surface area (Å²) in [5, 5.41) is 12.4. The molecular weight excluding hydrogens is 448 g/mol. The van der Waals surface area contributed by atoms with Crippen molar-refractivity contribution in [1.82, 2.24) is 5.32 Å². The van der Waals surface area contributed by atoms with Crippen molar-refractivity contribution >= 4 is 28.7 Å². The van der Waals surface area contributed by atoms with Gasteiger partial charge in [0.2, 0.25) is 0 Å². The van der Waals surface area contributed by atoms with Gasteiger partial charge in [0.1, 0.15) is 5.58 Å². The molecule has 35 heavy (non-hydrogen) atoms. The Balaban J connectivity index is 1.57. The minimum atomic E-state index is -0.850. The molecule has 0 aliphatic carbocycles. The molecule has 1 aromatic heterocycles. The standard InChI is InChI=1S/C27H32N2O6/c1-4-29(5-2)21-10-11-22-18(3)23(26(32)35-24(22)16-21)13-14-34-27(33)28-17-20-8-6-7-19(15-20)9-12-25(30)31/h6-8,10-11,15-16H,4-5,9,12-14,17H2,1-3H3,(H,28,33)(H,30,31). The molecule has 0 bridgehead atoms. The van der Waals surface area contributed by atoms with Crippen LogP contribution < -0.4 is 15.8 Å². The number of nitrogens with one attached hydrogen (secondary N) is 1. The van der Waals surface area contributed by atoms with Gasteiger partial charge in [0, 0.05) is 55.2 Å². The lowest BCUT2D eigenvalue weighted by molar-refractivity contribution is -0.136. The zero-order valence-corrected chi connectivity index (χ0v) is 20.4. The normalized spacial score (nSPS) is 10.8. The van der Waals surface area contributed by atoms with Gasteiger partial charge < -0.3 is 24.5 Å². The summed E-state index contributed by atoms with van der Waals surface area (Å²) in [4.78, 5) is 37.7. The first kappa shape index (κ1) is 25.8. The van der Waals surface area contributed by atoms with Gasteiger partial charge in [-0.05, 0) is 56.0 Å². The number of carbonyl (C=O) groups excluding carboxylic acids is 1. The molecule has 0 atom stereocenters. The molecule has 0 spiro atoms. The number of hydrogen-bond donors (Lipinski definition) is 2. The molecule has 0 unspecified atom stereocenters. The van der Waals surface area contributed by atoms with Crippen LogP contribution in [0.25, 0.3) is 11.0 Å². The van der Waals surface area contributed by atoms with E-state index >= 15 is 0 Å². The van der Waals surface area contributed by atoms with Crippen molar-refractivity contribution in [2.45, 2.75) is 46.6 Å². The molecule has 0 aliphatic heterocycles. The second-order valence-corrected chi connectivity index (χ2v) is 8.30. The number of carboxylic acids is 1. The number of rotatable bonds is 11. The third kappa shape index (κ3) is 6.85. The van der Waals surface area contributed by atoms with Crippen molar-refractivity contribution < 1.29 is 23.8 Å². The number of anilines is 1. The Labute approximate surface area is 204 Å². The summed E-state index contributed by atoms with van der Waals surface area (Å²) in [7, 11) is 0. The third-order valence-electron chi connectivity index (χ3n) is 6.04. The summed E-state index contributed by atoms with van der Waals surface area (Å²) in [6, 6.07) is 13.3. The summed E-state index contributed by atoms with van der Waals surface area (Å²) in [5.74, 6) is -0.850. The van der Waals surface area contributed by atoms with Crippen molar-refractivity contribution in [2.75, 3.05) is 24.6 Å². The van der Waals surface area contributed by atoms with E-state index in [1.54, 1.807) is 0 Å². The van der Waals surface area contributed by atoms with Crippen molar-refractivity contribution in [1.29, 1.82) is 0 Å². The van der Waals surface area contributed by atoms with Gasteiger partial charge in [-0.3, -0.25) is 4.79 Å². The molecule has 0 radical (unpaired) electrons. The van der Waals surface area contributed by atoms with Crippen LogP contribution in [0.3, 0.4) is 0 Å².